The van der Waals surface area contributed by atoms with Crippen LogP contribution < -0.4 is 10.1 Å². The normalized spacial score (nSPS) is 11.8. The molecule has 2 aromatic heterocycles. The van der Waals surface area contributed by atoms with Crippen LogP contribution in [0.25, 0.3) is 5.65 Å². The highest BCUT2D eigenvalue weighted by atomic mass is 32.2. The first kappa shape index (κ1) is 17.1. The molecule has 10 heteroatoms. The average Bonchev–Trinajstić information content (AvgIpc) is 2.98. The van der Waals surface area contributed by atoms with Gasteiger partial charge in [0, 0.05) is 12.3 Å². The number of aromatic nitrogens is 3. The van der Waals surface area contributed by atoms with Gasteiger partial charge in [-0.2, -0.15) is 13.8 Å². The summed E-state index contributed by atoms with van der Waals surface area (Å²) in [6.07, 6.45) is 1.68. The maximum Gasteiger partial charge on any atom is 0.387 e. The van der Waals surface area contributed by atoms with E-state index in [1.165, 1.54) is 23.6 Å². The van der Waals surface area contributed by atoms with E-state index >= 15 is 0 Å². The van der Waals surface area contributed by atoms with Crippen molar-refractivity contribution in [3.8, 4) is 5.75 Å². The SMILES string of the molecule is CCS(=O)(=O)c1ccc(Nc2nc3ccccn3n2)c(OC(F)F)c1. The van der Waals surface area contributed by atoms with Gasteiger partial charge in [0.15, 0.2) is 21.2 Å². The fraction of sp³-hybridized carbons (Fsp3) is 0.200. The lowest BCUT2D eigenvalue weighted by Gasteiger charge is -2.12. The van der Waals surface area contributed by atoms with Gasteiger partial charge in [0.05, 0.1) is 16.3 Å². The Kier molecular flexibility index (Phi) is 4.53. The topological polar surface area (TPSA) is 85.6 Å². The highest BCUT2D eigenvalue weighted by molar-refractivity contribution is 7.91. The maximum absolute atomic E-state index is 12.7. The number of pyridine rings is 1. The first-order chi connectivity index (χ1) is 11.9. The summed E-state index contributed by atoms with van der Waals surface area (Å²) < 4.78 is 55.2. The minimum atomic E-state index is -3.55. The zero-order valence-electron chi connectivity index (χ0n) is 13.1. The molecule has 1 aromatic carbocycles. The number of hydrogen-bond acceptors (Lipinski definition) is 6. The molecule has 0 fully saturated rings. The summed E-state index contributed by atoms with van der Waals surface area (Å²) in [7, 11) is -3.55. The van der Waals surface area contributed by atoms with E-state index < -0.39 is 16.4 Å². The lowest BCUT2D eigenvalue weighted by atomic mass is 10.3. The molecule has 0 unspecified atom stereocenters. The zero-order valence-corrected chi connectivity index (χ0v) is 13.9. The number of sulfone groups is 1. The van der Waals surface area contributed by atoms with Crippen molar-refractivity contribution in [2.75, 3.05) is 11.1 Å². The van der Waals surface area contributed by atoms with Gasteiger partial charge in [0.25, 0.3) is 0 Å². The molecule has 0 amide bonds. The second-order valence-corrected chi connectivity index (χ2v) is 7.28. The molecule has 0 aliphatic rings. The van der Waals surface area contributed by atoms with Crippen molar-refractivity contribution in [1.29, 1.82) is 0 Å². The third-order valence-corrected chi connectivity index (χ3v) is 5.13. The van der Waals surface area contributed by atoms with Crippen LogP contribution in [0.2, 0.25) is 0 Å². The number of fused-ring (bicyclic) bond motifs is 1. The van der Waals surface area contributed by atoms with E-state index in [-0.39, 0.29) is 28.0 Å². The van der Waals surface area contributed by atoms with Crippen molar-refractivity contribution in [2.24, 2.45) is 0 Å². The van der Waals surface area contributed by atoms with Crippen LogP contribution >= 0.6 is 0 Å². The first-order valence-corrected chi connectivity index (χ1v) is 8.94. The predicted octanol–water partition coefficient (Wildman–Crippen LogP) is 2.87. The van der Waals surface area contributed by atoms with E-state index in [2.05, 4.69) is 20.1 Å². The van der Waals surface area contributed by atoms with E-state index in [1.807, 2.05) is 0 Å². The van der Waals surface area contributed by atoms with E-state index in [9.17, 15) is 17.2 Å². The number of alkyl halides is 2. The van der Waals surface area contributed by atoms with Crippen LogP contribution in [-0.4, -0.2) is 35.4 Å². The predicted molar refractivity (Wildman–Crippen MR) is 87.1 cm³/mol. The molecule has 0 atom stereocenters. The van der Waals surface area contributed by atoms with Crippen LogP contribution in [0.5, 0.6) is 5.75 Å². The minimum Gasteiger partial charge on any atom is -0.433 e. The quantitative estimate of drug-likeness (QED) is 0.720. The second kappa shape index (κ2) is 6.63. The summed E-state index contributed by atoms with van der Waals surface area (Å²) in [6.45, 7) is -1.63. The van der Waals surface area contributed by atoms with Crippen LogP contribution in [0.4, 0.5) is 20.4 Å². The molecule has 7 nitrogen and oxygen atoms in total. The Morgan fingerprint density at radius 2 is 2.08 bits per heavy atom. The number of benzene rings is 1. The number of ether oxygens (including phenoxy) is 1. The van der Waals surface area contributed by atoms with E-state index in [0.717, 1.165) is 6.07 Å². The molecule has 2 heterocycles. The molecule has 3 aromatic rings. The molecule has 0 aliphatic heterocycles. The average molecular weight is 368 g/mol. The van der Waals surface area contributed by atoms with Crippen molar-refractivity contribution < 1.29 is 21.9 Å². The molecular formula is C15H14F2N4O3S. The van der Waals surface area contributed by atoms with Crippen LogP contribution in [0, 0.1) is 0 Å². The van der Waals surface area contributed by atoms with Gasteiger partial charge in [-0.1, -0.05) is 13.0 Å². The number of nitrogens with one attached hydrogen (secondary N) is 1. The summed E-state index contributed by atoms with van der Waals surface area (Å²) in [5.41, 5.74) is 0.692. The van der Waals surface area contributed by atoms with E-state index in [1.54, 1.807) is 24.4 Å². The number of nitrogens with zero attached hydrogens (tertiary/aromatic N) is 3. The highest BCUT2D eigenvalue weighted by Crippen LogP contribution is 2.31. The van der Waals surface area contributed by atoms with Gasteiger partial charge in [-0.3, -0.25) is 0 Å². The number of rotatable bonds is 6. The van der Waals surface area contributed by atoms with Gasteiger partial charge in [-0.05, 0) is 24.3 Å². The van der Waals surface area contributed by atoms with Crippen LogP contribution in [-0.2, 0) is 9.84 Å². The Balaban J connectivity index is 1.99. The second-order valence-electron chi connectivity index (χ2n) is 5.00. The zero-order chi connectivity index (χ0) is 18.0. The number of halogens is 2. The van der Waals surface area contributed by atoms with Gasteiger partial charge in [0.2, 0.25) is 5.95 Å². The molecule has 1 N–H and O–H groups in total. The van der Waals surface area contributed by atoms with Crippen molar-refractivity contribution in [2.45, 2.75) is 18.4 Å². The first-order valence-electron chi connectivity index (χ1n) is 7.29. The van der Waals surface area contributed by atoms with Crippen molar-refractivity contribution >= 4 is 27.1 Å². The van der Waals surface area contributed by atoms with Crippen molar-refractivity contribution in [1.82, 2.24) is 14.6 Å². The molecule has 0 aliphatic carbocycles. The molecule has 0 saturated heterocycles. The third kappa shape index (κ3) is 3.68. The lowest BCUT2D eigenvalue weighted by Crippen LogP contribution is -2.08. The van der Waals surface area contributed by atoms with Gasteiger partial charge in [-0.25, -0.2) is 12.9 Å². The smallest absolute Gasteiger partial charge is 0.387 e. The molecule has 0 spiro atoms. The standard InChI is InChI=1S/C15H14F2N4O3S/c1-2-25(22,23)10-6-7-11(12(9-10)24-14(16)17)18-15-19-13-5-3-4-8-21(13)20-15/h3-9,14H,2H2,1H3,(H,18,20). The number of hydrogen-bond donors (Lipinski definition) is 1. The molecule has 0 bridgehead atoms. The van der Waals surface area contributed by atoms with Gasteiger partial charge >= 0.3 is 6.61 Å². The van der Waals surface area contributed by atoms with Crippen LogP contribution in [0.1, 0.15) is 6.92 Å². The lowest BCUT2D eigenvalue weighted by molar-refractivity contribution is -0.0494. The van der Waals surface area contributed by atoms with E-state index in [0.29, 0.717) is 5.65 Å². The Labute approximate surface area is 142 Å². The molecule has 3 rings (SSSR count). The van der Waals surface area contributed by atoms with Crippen LogP contribution in [0.15, 0.2) is 47.5 Å². The Morgan fingerprint density at radius 3 is 2.76 bits per heavy atom. The molecular weight excluding hydrogens is 354 g/mol. The van der Waals surface area contributed by atoms with Gasteiger partial charge < -0.3 is 10.1 Å². The third-order valence-electron chi connectivity index (χ3n) is 3.40. The van der Waals surface area contributed by atoms with E-state index in [4.69, 9.17) is 0 Å². The van der Waals surface area contributed by atoms with Gasteiger partial charge in [0.1, 0.15) is 0 Å². The molecule has 0 radical (unpaired) electrons. The maximum atomic E-state index is 12.7. The fourth-order valence-electron chi connectivity index (χ4n) is 2.16. The Bertz CT molecular complexity index is 972. The van der Waals surface area contributed by atoms with Gasteiger partial charge in [-0.15, -0.1) is 5.10 Å². The monoisotopic (exact) mass is 368 g/mol. The molecule has 132 valence electrons. The highest BCUT2D eigenvalue weighted by Gasteiger charge is 2.18. The molecule has 25 heavy (non-hydrogen) atoms. The van der Waals surface area contributed by atoms with Crippen molar-refractivity contribution in [3.05, 3.63) is 42.6 Å². The Hall–Kier alpha value is -2.75. The summed E-state index contributed by atoms with van der Waals surface area (Å²) in [5, 5.41) is 6.92. The minimum absolute atomic E-state index is 0.0980. The summed E-state index contributed by atoms with van der Waals surface area (Å²) in [6, 6.07) is 8.99. The van der Waals surface area contributed by atoms with Crippen molar-refractivity contribution in [3.63, 3.8) is 0 Å². The number of anilines is 2. The summed E-state index contributed by atoms with van der Waals surface area (Å²) >= 11 is 0. The Morgan fingerprint density at radius 1 is 1.28 bits per heavy atom. The molecule has 0 saturated carbocycles. The summed E-state index contributed by atoms with van der Waals surface area (Å²) in [5.74, 6) is -0.290. The summed E-state index contributed by atoms with van der Waals surface area (Å²) in [4.78, 5) is 4.10. The van der Waals surface area contributed by atoms with Crippen LogP contribution in [0.3, 0.4) is 0 Å². The fourth-order valence-corrected chi connectivity index (χ4v) is 3.06. The largest absolute Gasteiger partial charge is 0.433 e.